The molecule has 2 aromatic rings. The Morgan fingerprint density at radius 2 is 2.22 bits per heavy atom. The molecule has 5 nitrogen and oxygen atoms in total. The van der Waals surface area contributed by atoms with Gasteiger partial charge in [-0.1, -0.05) is 6.92 Å². The van der Waals surface area contributed by atoms with Crippen molar-refractivity contribution in [2.45, 2.75) is 25.9 Å². The summed E-state index contributed by atoms with van der Waals surface area (Å²) in [6.07, 6.45) is 4.63. The van der Waals surface area contributed by atoms with Crippen LogP contribution in [0.1, 0.15) is 19.4 Å². The zero-order chi connectivity index (χ0) is 12.8. The number of nitrogens with zero attached hydrogens (tertiary/aromatic N) is 3. The fraction of sp³-hybridized carbons (Fsp3) is 0.538. The van der Waals surface area contributed by atoms with Gasteiger partial charge in [-0.2, -0.15) is 0 Å². The maximum absolute atomic E-state index is 5.48. The second kappa shape index (κ2) is 3.95. The molecule has 0 aromatic carbocycles. The first-order valence-corrected chi connectivity index (χ1v) is 6.28. The van der Waals surface area contributed by atoms with E-state index in [4.69, 9.17) is 4.74 Å². The second-order valence-electron chi connectivity index (χ2n) is 5.10. The molecular weight excluding hydrogens is 228 g/mol. The van der Waals surface area contributed by atoms with Gasteiger partial charge in [-0.05, 0) is 18.9 Å². The molecule has 1 fully saturated rings. The van der Waals surface area contributed by atoms with Gasteiger partial charge in [0.05, 0.1) is 11.0 Å². The van der Waals surface area contributed by atoms with Crippen molar-refractivity contribution in [2.75, 3.05) is 25.1 Å². The predicted octanol–water partition coefficient (Wildman–Crippen LogP) is 1.75. The number of aromatic amines is 1. The Hall–Kier alpha value is -1.62. The summed E-state index contributed by atoms with van der Waals surface area (Å²) in [5, 5.41) is 1.15. The van der Waals surface area contributed by atoms with Crippen LogP contribution in [0, 0.1) is 0 Å². The Bertz CT molecular complexity index is 571. The Labute approximate surface area is 106 Å². The molecular formula is C13H18N4O. The highest BCUT2D eigenvalue weighted by molar-refractivity contribution is 5.91. The summed E-state index contributed by atoms with van der Waals surface area (Å²) in [5.41, 5.74) is 2.15. The van der Waals surface area contributed by atoms with Crippen molar-refractivity contribution < 1.29 is 4.74 Å². The fourth-order valence-electron chi connectivity index (χ4n) is 2.57. The molecule has 0 atom stereocenters. The average Bonchev–Trinajstić information content (AvgIpc) is 2.78. The van der Waals surface area contributed by atoms with E-state index in [0.29, 0.717) is 0 Å². The van der Waals surface area contributed by atoms with E-state index in [0.717, 1.165) is 36.4 Å². The third kappa shape index (κ3) is 1.58. The van der Waals surface area contributed by atoms with Gasteiger partial charge < -0.3 is 14.6 Å². The van der Waals surface area contributed by atoms with Gasteiger partial charge >= 0.3 is 0 Å². The van der Waals surface area contributed by atoms with E-state index in [1.807, 2.05) is 6.20 Å². The molecule has 2 aromatic heterocycles. The molecule has 0 spiro atoms. The monoisotopic (exact) mass is 246 g/mol. The summed E-state index contributed by atoms with van der Waals surface area (Å²) in [6.45, 7) is 6.03. The molecule has 0 radical (unpaired) electrons. The van der Waals surface area contributed by atoms with Crippen LogP contribution in [0.4, 0.5) is 5.82 Å². The second-order valence-corrected chi connectivity index (χ2v) is 5.10. The number of methoxy groups -OCH3 is 1. The third-order valence-corrected chi connectivity index (χ3v) is 3.76. The van der Waals surface area contributed by atoms with Crippen LogP contribution in [-0.4, -0.2) is 40.8 Å². The van der Waals surface area contributed by atoms with Gasteiger partial charge in [-0.25, -0.2) is 9.97 Å². The van der Waals surface area contributed by atoms with Crippen LogP contribution in [-0.2, 0) is 11.2 Å². The summed E-state index contributed by atoms with van der Waals surface area (Å²) in [7, 11) is 1.76. The van der Waals surface area contributed by atoms with Crippen LogP contribution < -0.4 is 4.90 Å². The minimum Gasteiger partial charge on any atom is -0.375 e. The maximum Gasteiger partial charge on any atom is 0.143 e. The molecule has 0 saturated carbocycles. The van der Waals surface area contributed by atoms with Crippen LogP contribution in [0.25, 0.3) is 11.0 Å². The predicted molar refractivity (Wildman–Crippen MR) is 70.9 cm³/mol. The molecule has 1 aliphatic rings. The van der Waals surface area contributed by atoms with Crippen LogP contribution in [0.15, 0.2) is 12.5 Å². The number of fused-ring (bicyclic) bond motifs is 1. The number of ether oxygens (including phenoxy) is 1. The topological polar surface area (TPSA) is 54.0 Å². The Kier molecular flexibility index (Phi) is 2.52. The molecule has 0 unspecified atom stereocenters. The van der Waals surface area contributed by atoms with Crippen LogP contribution in [0.5, 0.6) is 0 Å². The van der Waals surface area contributed by atoms with Crippen LogP contribution in [0.2, 0.25) is 0 Å². The first-order valence-electron chi connectivity index (χ1n) is 6.28. The number of anilines is 1. The Balaban J connectivity index is 2.00. The molecule has 1 aliphatic heterocycles. The summed E-state index contributed by atoms with van der Waals surface area (Å²) in [4.78, 5) is 14.2. The number of hydrogen-bond donors (Lipinski definition) is 1. The standard InChI is InChI=1S/C13H18N4O/c1-4-9-5-14-11-10(9)12(16-8-15-11)17-6-13(2,7-17)18-3/h5,8H,4,6-7H2,1-3H3,(H,14,15,16). The van der Waals surface area contributed by atoms with E-state index in [1.54, 1.807) is 13.4 Å². The summed E-state index contributed by atoms with van der Waals surface area (Å²) in [6, 6.07) is 0. The van der Waals surface area contributed by atoms with Crippen molar-refractivity contribution in [3.63, 3.8) is 0 Å². The van der Waals surface area contributed by atoms with Crippen molar-refractivity contribution in [3.8, 4) is 0 Å². The van der Waals surface area contributed by atoms with Gasteiger partial charge in [0.2, 0.25) is 0 Å². The van der Waals surface area contributed by atoms with Gasteiger partial charge in [0, 0.05) is 26.4 Å². The highest BCUT2D eigenvalue weighted by Crippen LogP contribution is 2.33. The normalized spacial score (nSPS) is 18.1. The summed E-state index contributed by atoms with van der Waals surface area (Å²) < 4.78 is 5.48. The average molecular weight is 246 g/mol. The molecule has 3 heterocycles. The van der Waals surface area contributed by atoms with Crippen molar-refractivity contribution >= 4 is 16.9 Å². The number of nitrogens with one attached hydrogen (secondary N) is 1. The van der Waals surface area contributed by atoms with Crippen LogP contribution >= 0.6 is 0 Å². The molecule has 0 bridgehead atoms. The van der Waals surface area contributed by atoms with E-state index in [2.05, 4.69) is 33.7 Å². The van der Waals surface area contributed by atoms with E-state index in [1.165, 1.54) is 5.56 Å². The number of aryl methyl sites for hydroxylation is 1. The van der Waals surface area contributed by atoms with E-state index in [9.17, 15) is 0 Å². The lowest BCUT2D eigenvalue weighted by atomic mass is 9.96. The maximum atomic E-state index is 5.48. The molecule has 0 aliphatic carbocycles. The minimum absolute atomic E-state index is 0.0417. The summed E-state index contributed by atoms with van der Waals surface area (Å²) in [5.74, 6) is 1.02. The van der Waals surface area contributed by atoms with Gasteiger partial charge in [0.25, 0.3) is 0 Å². The molecule has 3 rings (SSSR count). The number of rotatable bonds is 3. The highest BCUT2D eigenvalue weighted by Gasteiger charge is 2.40. The zero-order valence-corrected chi connectivity index (χ0v) is 11.0. The molecule has 18 heavy (non-hydrogen) atoms. The van der Waals surface area contributed by atoms with Gasteiger partial charge in [0.15, 0.2) is 0 Å². The van der Waals surface area contributed by atoms with Crippen molar-refractivity contribution in [1.82, 2.24) is 15.0 Å². The molecule has 0 amide bonds. The van der Waals surface area contributed by atoms with Crippen molar-refractivity contribution in [1.29, 1.82) is 0 Å². The largest absolute Gasteiger partial charge is 0.375 e. The van der Waals surface area contributed by atoms with Gasteiger partial charge in [-0.15, -0.1) is 0 Å². The zero-order valence-electron chi connectivity index (χ0n) is 11.0. The molecule has 1 N–H and O–H groups in total. The third-order valence-electron chi connectivity index (χ3n) is 3.76. The highest BCUT2D eigenvalue weighted by atomic mass is 16.5. The lowest BCUT2D eigenvalue weighted by molar-refractivity contribution is -0.0170. The SMILES string of the molecule is CCc1c[nH]c2ncnc(N3CC(C)(OC)C3)c12. The van der Waals surface area contributed by atoms with Crippen LogP contribution in [0.3, 0.4) is 0 Å². The van der Waals surface area contributed by atoms with E-state index >= 15 is 0 Å². The lowest BCUT2D eigenvalue weighted by Gasteiger charge is -2.47. The lowest BCUT2D eigenvalue weighted by Crippen LogP contribution is -2.61. The molecule has 96 valence electrons. The van der Waals surface area contributed by atoms with Gasteiger partial charge in [0.1, 0.15) is 17.8 Å². The van der Waals surface area contributed by atoms with Crippen molar-refractivity contribution in [2.24, 2.45) is 0 Å². The quantitative estimate of drug-likeness (QED) is 0.896. The molecule has 5 heteroatoms. The summed E-state index contributed by atoms with van der Waals surface area (Å²) >= 11 is 0. The Morgan fingerprint density at radius 3 is 2.89 bits per heavy atom. The first kappa shape index (κ1) is 11.5. The first-order chi connectivity index (χ1) is 8.67. The van der Waals surface area contributed by atoms with E-state index in [-0.39, 0.29) is 5.60 Å². The molecule has 1 saturated heterocycles. The number of hydrogen-bond acceptors (Lipinski definition) is 4. The fourth-order valence-corrected chi connectivity index (χ4v) is 2.57. The van der Waals surface area contributed by atoms with Crippen molar-refractivity contribution in [3.05, 3.63) is 18.1 Å². The Morgan fingerprint density at radius 1 is 1.44 bits per heavy atom. The van der Waals surface area contributed by atoms with Gasteiger partial charge in [-0.3, -0.25) is 0 Å². The minimum atomic E-state index is -0.0417. The van der Waals surface area contributed by atoms with E-state index < -0.39 is 0 Å². The number of H-pyrrole nitrogens is 1. The smallest absolute Gasteiger partial charge is 0.143 e. The number of aromatic nitrogens is 3.